The van der Waals surface area contributed by atoms with Gasteiger partial charge < -0.3 is 10.2 Å². The molecule has 3 heterocycles. The van der Waals surface area contributed by atoms with Crippen LogP contribution in [0.3, 0.4) is 0 Å². The quantitative estimate of drug-likeness (QED) is 0.569. The molecule has 168 valence electrons. The summed E-state index contributed by atoms with van der Waals surface area (Å²) in [4.78, 5) is 28.3. The Hall–Kier alpha value is -2.98. The largest absolute Gasteiger partial charge is 0.351 e. The number of carbonyl (C=O) groups is 2. The monoisotopic (exact) mass is 472 g/mol. The van der Waals surface area contributed by atoms with Crippen molar-refractivity contribution in [2.45, 2.75) is 19.4 Å². The average Bonchev–Trinajstić information content (AvgIpc) is 3.51. The number of amides is 2. The number of nitrogens with one attached hydrogen (secondary N) is 1. The molecule has 32 heavy (non-hydrogen) atoms. The highest BCUT2D eigenvalue weighted by Gasteiger charge is 2.30. The Morgan fingerprint density at radius 1 is 1.22 bits per heavy atom. The normalized spacial score (nSPS) is 17.2. The van der Waals surface area contributed by atoms with Gasteiger partial charge in [0.25, 0.3) is 5.91 Å². The van der Waals surface area contributed by atoms with Crippen LogP contribution in [0, 0.1) is 0 Å². The van der Waals surface area contributed by atoms with Crippen molar-refractivity contribution in [3.63, 3.8) is 0 Å². The molecule has 0 saturated carbocycles. The van der Waals surface area contributed by atoms with Crippen molar-refractivity contribution in [1.82, 2.24) is 20.0 Å². The summed E-state index contributed by atoms with van der Waals surface area (Å²) in [5.74, 6) is -0.634. The van der Waals surface area contributed by atoms with E-state index in [0.29, 0.717) is 24.2 Å². The molecule has 4 rings (SSSR count). The van der Waals surface area contributed by atoms with E-state index >= 15 is 0 Å². The van der Waals surface area contributed by atoms with Crippen LogP contribution in [0.25, 0.3) is 16.3 Å². The first-order valence-electron chi connectivity index (χ1n) is 10.3. The fourth-order valence-corrected chi connectivity index (χ4v) is 6.09. The second-order valence-electron chi connectivity index (χ2n) is 7.64. The summed E-state index contributed by atoms with van der Waals surface area (Å²) in [7, 11) is -3.09. The molecule has 1 aliphatic rings. The lowest BCUT2D eigenvalue weighted by Gasteiger charge is -2.21. The molecule has 1 atom stereocenters. The van der Waals surface area contributed by atoms with Crippen LogP contribution in [-0.2, 0) is 14.6 Å². The Labute approximate surface area is 190 Å². The van der Waals surface area contributed by atoms with Gasteiger partial charge in [0.2, 0.25) is 5.91 Å². The van der Waals surface area contributed by atoms with Crippen LogP contribution < -0.4 is 5.32 Å². The molecule has 2 aromatic heterocycles. The van der Waals surface area contributed by atoms with Crippen LogP contribution in [0.4, 0.5) is 0 Å². The van der Waals surface area contributed by atoms with Gasteiger partial charge in [-0.05, 0) is 36.9 Å². The third kappa shape index (κ3) is 4.91. The number of hydrogen-bond donors (Lipinski definition) is 1. The van der Waals surface area contributed by atoms with Gasteiger partial charge >= 0.3 is 0 Å². The molecule has 10 heteroatoms. The number of para-hydroxylation sites is 1. The van der Waals surface area contributed by atoms with E-state index < -0.39 is 15.9 Å². The van der Waals surface area contributed by atoms with Gasteiger partial charge in [-0.2, -0.15) is 5.10 Å². The van der Waals surface area contributed by atoms with Gasteiger partial charge in [-0.15, -0.1) is 11.3 Å². The summed E-state index contributed by atoms with van der Waals surface area (Å²) >= 11 is 1.49. The topological polar surface area (TPSA) is 101 Å². The second kappa shape index (κ2) is 9.25. The van der Waals surface area contributed by atoms with E-state index in [2.05, 4.69) is 10.4 Å². The van der Waals surface area contributed by atoms with E-state index in [1.165, 1.54) is 16.2 Å². The first-order valence-corrected chi connectivity index (χ1v) is 13.0. The van der Waals surface area contributed by atoms with E-state index in [-0.39, 0.29) is 29.9 Å². The SMILES string of the molecule is CCN(CC(=O)N[C@H]1CCS(=O)(=O)C1)C(=O)c1cn(-c2ccccc2)nc1-c1cccs1. The standard InChI is InChI=1S/C22H24N4O4S2/c1-2-25(14-20(27)23-16-10-12-32(29,30)15-16)22(28)18-13-26(17-7-4-3-5-8-17)24-21(18)19-9-6-11-31-19/h3-9,11,13,16H,2,10,12,14-15H2,1H3,(H,23,27)/t16-/m0/s1. The number of aromatic nitrogens is 2. The molecule has 0 radical (unpaired) electrons. The predicted octanol–water partition coefficient (Wildman–Crippen LogP) is 2.37. The zero-order chi connectivity index (χ0) is 22.7. The summed E-state index contributed by atoms with van der Waals surface area (Å²) in [6.07, 6.45) is 2.09. The highest BCUT2D eigenvalue weighted by molar-refractivity contribution is 7.91. The number of carbonyl (C=O) groups excluding carboxylic acids is 2. The van der Waals surface area contributed by atoms with E-state index in [4.69, 9.17) is 0 Å². The summed E-state index contributed by atoms with van der Waals surface area (Å²) < 4.78 is 24.9. The van der Waals surface area contributed by atoms with Crippen molar-refractivity contribution in [2.24, 2.45) is 0 Å². The minimum absolute atomic E-state index is 0.0504. The van der Waals surface area contributed by atoms with Crippen molar-refractivity contribution in [3.8, 4) is 16.3 Å². The van der Waals surface area contributed by atoms with Gasteiger partial charge in [-0.3, -0.25) is 9.59 Å². The van der Waals surface area contributed by atoms with Gasteiger partial charge in [0.15, 0.2) is 9.84 Å². The molecule has 0 spiro atoms. The molecular formula is C22H24N4O4S2. The van der Waals surface area contributed by atoms with E-state index in [0.717, 1.165) is 10.6 Å². The van der Waals surface area contributed by atoms with E-state index in [9.17, 15) is 18.0 Å². The fourth-order valence-electron chi connectivity index (χ4n) is 3.69. The molecule has 2 amide bonds. The summed E-state index contributed by atoms with van der Waals surface area (Å²) in [6.45, 7) is 1.99. The first kappa shape index (κ1) is 22.2. The smallest absolute Gasteiger partial charge is 0.258 e. The van der Waals surface area contributed by atoms with Crippen molar-refractivity contribution in [2.75, 3.05) is 24.6 Å². The average molecular weight is 473 g/mol. The molecule has 1 aromatic carbocycles. The summed E-state index contributed by atoms with van der Waals surface area (Å²) in [5.41, 5.74) is 1.80. The van der Waals surface area contributed by atoms with Crippen LogP contribution in [0.1, 0.15) is 23.7 Å². The third-order valence-corrected chi connectivity index (χ3v) is 7.97. The summed E-state index contributed by atoms with van der Waals surface area (Å²) in [6, 6.07) is 12.9. The van der Waals surface area contributed by atoms with Crippen LogP contribution in [0.15, 0.2) is 54.0 Å². The third-order valence-electron chi connectivity index (χ3n) is 5.32. The minimum Gasteiger partial charge on any atom is -0.351 e. The lowest BCUT2D eigenvalue weighted by molar-refractivity contribution is -0.122. The Morgan fingerprint density at radius 2 is 2.00 bits per heavy atom. The highest BCUT2D eigenvalue weighted by atomic mass is 32.2. The van der Waals surface area contributed by atoms with E-state index in [1.807, 2.05) is 47.8 Å². The number of nitrogens with zero attached hydrogens (tertiary/aromatic N) is 3. The summed E-state index contributed by atoms with van der Waals surface area (Å²) in [5, 5.41) is 9.32. The molecule has 0 aliphatic carbocycles. The fraction of sp³-hybridized carbons (Fsp3) is 0.318. The molecule has 1 N–H and O–H groups in total. The maximum atomic E-state index is 13.4. The first-order chi connectivity index (χ1) is 15.4. The molecule has 8 nitrogen and oxygen atoms in total. The van der Waals surface area contributed by atoms with Crippen LogP contribution in [-0.4, -0.2) is 65.5 Å². The van der Waals surface area contributed by atoms with Crippen LogP contribution in [0.2, 0.25) is 0 Å². The Morgan fingerprint density at radius 3 is 2.62 bits per heavy atom. The molecule has 0 unspecified atom stereocenters. The van der Waals surface area contributed by atoms with Crippen molar-refractivity contribution >= 4 is 33.0 Å². The number of sulfone groups is 1. The zero-order valence-electron chi connectivity index (χ0n) is 17.6. The van der Waals surface area contributed by atoms with Gasteiger partial charge in [0.1, 0.15) is 5.69 Å². The maximum Gasteiger partial charge on any atom is 0.258 e. The number of likely N-dealkylation sites (N-methyl/N-ethyl adjacent to an activating group) is 1. The second-order valence-corrected chi connectivity index (χ2v) is 10.8. The molecule has 3 aromatic rings. The Kier molecular flexibility index (Phi) is 6.43. The van der Waals surface area contributed by atoms with Crippen molar-refractivity contribution in [3.05, 3.63) is 59.6 Å². The number of thiophene rings is 1. The molecule has 1 saturated heterocycles. The maximum absolute atomic E-state index is 13.4. The van der Waals surface area contributed by atoms with Gasteiger partial charge in [-0.1, -0.05) is 24.3 Å². The molecule has 0 bridgehead atoms. The van der Waals surface area contributed by atoms with Crippen LogP contribution >= 0.6 is 11.3 Å². The zero-order valence-corrected chi connectivity index (χ0v) is 19.2. The molecular weight excluding hydrogens is 448 g/mol. The molecule has 1 fully saturated rings. The predicted molar refractivity (Wildman–Crippen MR) is 124 cm³/mol. The lowest BCUT2D eigenvalue weighted by atomic mass is 10.2. The van der Waals surface area contributed by atoms with Crippen molar-refractivity contribution < 1.29 is 18.0 Å². The highest BCUT2D eigenvalue weighted by Crippen LogP contribution is 2.28. The number of benzene rings is 1. The van der Waals surface area contributed by atoms with Crippen molar-refractivity contribution in [1.29, 1.82) is 0 Å². The van der Waals surface area contributed by atoms with Crippen LogP contribution in [0.5, 0.6) is 0 Å². The number of rotatable bonds is 7. The Balaban J connectivity index is 1.56. The Bertz CT molecular complexity index is 1200. The molecule has 1 aliphatic heterocycles. The lowest BCUT2D eigenvalue weighted by Crippen LogP contribution is -2.44. The van der Waals surface area contributed by atoms with Gasteiger partial charge in [0, 0.05) is 18.8 Å². The van der Waals surface area contributed by atoms with Gasteiger partial charge in [-0.25, -0.2) is 13.1 Å². The van der Waals surface area contributed by atoms with E-state index in [1.54, 1.807) is 17.8 Å². The van der Waals surface area contributed by atoms with Gasteiger partial charge in [0.05, 0.1) is 34.2 Å². The minimum atomic E-state index is -3.09. The number of hydrogen-bond acceptors (Lipinski definition) is 6.